The molecule has 0 heterocycles. The summed E-state index contributed by atoms with van der Waals surface area (Å²) < 4.78 is 16.2. The molecule has 0 aliphatic rings. The first-order valence-electron chi connectivity index (χ1n) is 11.8. The molecule has 1 unspecified atom stereocenters. The van der Waals surface area contributed by atoms with Crippen LogP contribution in [-0.4, -0.2) is 37.7 Å². The van der Waals surface area contributed by atoms with Gasteiger partial charge in [-0.2, -0.15) is 0 Å². The third-order valence-electron chi connectivity index (χ3n) is 6.01. The van der Waals surface area contributed by atoms with Crippen LogP contribution in [-0.2, 0) is 27.2 Å². The van der Waals surface area contributed by atoms with Gasteiger partial charge in [0.15, 0.2) is 0 Å². The van der Waals surface area contributed by atoms with Crippen LogP contribution >= 0.6 is 11.6 Å². The summed E-state index contributed by atoms with van der Waals surface area (Å²) in [6.45, 7) is 6.59. The molecular weight excluding hydrogens is 478 g/mol. The Bertz CT molecular complexity index is 1210. The van der Waals surface area contributed by atoms with Gasteiger partial charge in [-0.05, 0) is 67.3 Å². The molecule has 0 aliphatic heterocycles. The third-order valence-corrected chi connectivity index (χ3v) is 6.26. The predicted octanol–water partition coefficient (Wildman–Crippen LogP) is 6.76. The second kappa shape index (κ2) is 12.5. The number of benzene rings is 3. The van der Waals surface area contributed by atoms with Gasteiger partial charge >= 0.3 is 12.1 Å². The van der Waals surface area contributed by atoms with Crippen molar-refractivity contribution in [1.29, 1.82) is 0 Å². The van der Waals surface area contributed by atoms with Crippen molar-refractivity contribution in [2.45, 2.75) is 39.8 Å². The molecule has 3 aromatic carbocycles. The summed E-state index contributed by atoms with van der Waals surface area (Å²) in [4.78, 5) is 26.6. The van der Waals surface area contributed by atoms with E-state index >= 15 is 0 Å². The Kier molecular flexibility index (Phi) is 9.37. The number of halogens is 1. The molecule has 0 N–H and O–H groups in total. The van der Waals surface area contributed by atoms with Gasteiger partial charge in [-0.3, -0.25) is 4.79 Å². The zero-order valence-electron chi connectivity index (χ0n) is 21.3. The van der Waals surface area contributed by atoms with Gasteiger partial charge in [0.1, 0.15) is 11.9 Å². The lowest BCUT2D eigenvalue weighted by molar-refractivity contribution is -0.139. The molecule has 36 heavy (non-hydrogen) atoms. The van der Waals surface area contributed by atoms with Gasteiger partial charge in [-0.1, -0.05) is 53.6 Å². The number of methoxy groups -OCH3 is 2. The molecule has 0 aliphatic carbocycles. The average Bonchev–Trinajstić information content (AvgIpc) is 2.87. The number of hydrogen-bond donors (Lipinski definition) is 0. The van der Waals surface area contributed by atoms with Gasteiger partial charge in [0.05, 0.1) is 20.6 Å². The molecule has 1 amide bonds. The fourth-order valence-electron chi connectivity index (χ4n) is 3.97. The van der Waals surface area contributed by atoms with E-state index in [4.69, 9.17) is 25.8 Å². The number of esters is 1. The monoisotopic (exact) mass is 509 g/mol. The Hall–Kier alpha value is -3.51. The summed E-state index contributed by atoms with van der Waals surface area (Å²) in [6.07, 6.45) is -0.667. The van der Waals surface area contributed by atoms with E-state index < -0.39 is 12.2 Å². The topological polar surface area (TPSA) is 65.1 Å². The lowest BCUT2D eigenvalue weighted by Gasteiger charge is -2.25. The van der Waals surface area contributed by atoms with Crippen molar-refractivity contribution in [2.24, 2.45) is 0 Å². The molecule has 3 rings (SSSR count). The summed E-state index contributed by atoms with van der Waals surface area (Å²) in [5.41, 5.74) is 5.45. The maximum absolute atomic E-state index is 13.1. The molecule has 7 heteroatoms. The first kappa shape index (κ1) is 27.1. The number of ether oxygens (including phenoxy) is 3. The Morgan fingerprint density at radius 1 is 0.972 bits per heavy atom. The molecular formula is C29H32ClNO5. The van der Waals surface area contributed by atoms with Crippen LogP contribution in [0.15, 0.2) is 60.7 Å². The molecule has 6 nitrogen and oxygen atoms in total. The van der Waals surface area contributed by atoms with E-state index in [2.05, 4.69) is 6.07 Å². The first-order valence-corrected chi connectivity index (χ1v) is 12.2. The van der Waals surface area contributed by atoms with Crippen LogP contribution in [0.5, 0.6) is 5.75 Å². The van der Waals surface area contributed by atoms with E-state index in [1.54, 1.807) is 24.1 Å². The van der Waals surface area contributed by atoms with Crippen molar-refractivity contribution in [3.05, 3.63) is 87.9 Å². The normalized spacial score (nSPS) is 11.5. The van der Waals surface area contributed by atoms with Crippen molar-refractivity contribution < 1.29 is 23.8 Å². The summed E-state index contributed by atoms with van der Waals surface area (Å²) in [6, 6.07) is 19.0. The number of rotatable bonds is 9. The van der Waals surface area contributed by atoms with E-state index in [-0.39, 0.29) is 12.4 Å². The summed E-state index contributed by atoms with van der Waals surface area (Å²) >= 11 is 5.98. The van der Waals surface area contributed by atoms with Gasteiger partial charge in [0, 0.05) is 23.7 Å². The van der Waals surface area contributed by atoms with Crippen LogP contribution in [0.2, 0.25) is 5.02 Å². The van der Waals surface area contributed by atoms with Gasteiger partial charge in [0.2, 0.25) is 0 Å². The summed E-state index contributed by atoms with van der Waals surface area (Å²) in [5.74, 6) is 0.362. The quantitative estimate of drug-likeness (QED) is 0.298. The zero-order valence-corrected chi connectivity index (χ0v) is 22.1. The highest BCUT2D eigenvalue weighted by Crippen LogP contribution is 2.35. The van der Waals surface area contributed by atoms with Crippen LogP contribution in [0.3, 0.4) is 0 Å². The van der Waals surface area contributed by atoms with Crippen LogP contribution in [0.4, 0.5) is 4.79 Å². The van der Waals surface area contributed by atoms with E-state index in [1.807, 2.05) is 63.2 Å². The molecule has 0 saturated carbocycles. The molecule has 0 aromatic heterocycles. The smallest absolute Gasteiger partial charge is 0.410 e. The molecule has 3 aromatic rings. The van der Waals surface area contributed by atoms with Crippen molar-refractivity contribution in [2.75, 3.05) is 20.8 Å². The van der Waals surface area contributed by atoms with Crippen molar-refractivity contribution in [3.63, 3.8) is 0 Å². The fraction of sp³-hybridized carbons (Fsp3) is 0.310. The first-order chi connectivity index (χ1) is 17.2. The summed E-state index contributed by atoms with van der Waals surface area (Å²) in [5, 5.41) is 0.630. The number of carbonyl (C=O) groups excluding carboxylic acids is 2. The largest absolute Gasteiger partial charge is 0.496 e. The van der Waals surface area contributed by atoms with Crippen LogP contribution in [0.1, 0.15) is 42.2 Å². The molecule has 0 bridgehead atoms. The Labute approximate surface area is 217 Å². The molecule has 0 fully saturated rings. The van der Waals surface area contributed by atoms with Gasteiger partial charge in [-0.15, -0.1) is 0 Å². The van der Waals surface area contributed by atoms with Gasteiger partial charge in [-0.25, -0.2) is 4.79 Å². The minimum Gasteiger partial charge on any atom is -0.496 e. The number of amides is 1. The van der Waals surface area contributed by atoms with Crippen LogP contribution in [0.25, 0.3) is 11.1 Å². The summed E-state index contributed by atoms with van der Waals surface area (Å²) in [7, 11) is 2.98. The Morgan fingerprint density at radius 3 is 2.33 bits per heavy atom. The number of aryl methyl sites for hydroxylation is 1. The van der Waals surface area contributed by atoms with Crippen LogP contribution < -0.4 is 4.74 Å². The molecule has 0 radical (unpaired) electrons. The van der Waals surface area contributed by atoms with Crippen LogP contribution in [0, 0.1) is 6.92 Å². The van der Waals surface area contributed by atoms with E-state index in [9.17, 15) is 9.59 Å². The molecule has 1 atom stereocenters. The molecule has 0 saturated heterocycles. The highest BCUT2D eigenvalue weighted by molar-refractivity contribution is 6.30. The number of nitrogens with zero attached hydrogens (tertiary/aromatic N) is 1. The minimum atomic E-state index is -0.420. The number of hydrogen-bond acceptors (Lipinski definition) is 5. The van der Waals surface area contributed by atoms with E-state index in [0.29, 0.717) is 23.9 Å². The lowest BCUT2D eigenvalue weighted by atomic mass is 9.94. The average molecular weight is 510 g/mol. The molecule has 190 valence electrons. The predicted molar refractivity (Wildman–Crippen MR) is 141 cm³/mol. The van der Waals surface area contributed by atoms with Crippen molar-refractivity contribution >= 4 is 23.7 Å². The second-order valence-corrected chi connectivity index (χ2v) is 8.98. The Morgan fingerprint density at radius 2 is 1.69 bits per heavy atom. The molecule has 0 spiro atoms. The highest BCUT2D eigenvalue weighted by atomic mass is 35.5. The second-order valence-electron chi connectivity index (χ2n) is 8.54. The highest BCUT2D eigenvalue weighted by Gasteiger charge is 2.21. The van der Waals surface area contributed by atoms with Crippen molar-refractivity contribution in [1.82, 2.24) is 4.90 Å². The minimum absolute atomic E-state index is 0.157. The zero-order chi connectivity index (χ0) is 26.2. The lowest BCUT2D eigenvalue weighted by Crippen LogP contribution is -2.31. The van der Waals surface area contributed by atoms with Crippen molar-refractivity contribution in [3.8, 4) is 16.9 Å². The maximum atomic E-state index is 13.1. The van der Waals surface area contributed by atoms with Gasteiger partial charge < -0.3 is 19.1 Å². The fourth-order valence-corrected chi connectivity index (χ4v) is 4.10. The third kappa shape index (κ3) is 6.79. The Balaban J connectivity index is 1.90. The number of carbonyl (C=O) groups is 2. The SMILES string of the molecule is CCN(Cc1cc(C)ccc1-c1cc(CC(=O)OC)ccc1OC)C(=O)OC(C)c1ccc(Cl)cc1. The van der Waals surface area contributed by atoms with E-state index in [1.165, 1.54) is 7.11 Å². The standard InChI is InChI=1S/C29H32ClNO5/c1-6-31(29(33)36-20(3)22-9-11-24(30)12-10-22)18-23-15-19(2)7-13-25(23)26-16-21(17-28(32)35-5)8-14-27(26)34-4/h7-16,20H,6,17-18H2,1-5H3. The van der Waals surface area contributed by atoms with Gasteiger partial charge in [0.25, 0.3) is 0 Å². The maximum Gasteiger partial charge on any atom is 0.410 e. The van der Waals surface area contributed by atoms with E-state index in [0.717, 1.165) is 33.4 Å².